The molecule has 1 rings (SSSR count). The van der Waals surface area contributed by atoms with E-state index in [-0.39, 0.29) is 55.1 Å². The number of carbonyl (C=O) groups is 10. The molecule has 1 aliphatic rings. The number of carbonyl (C=O) groups excluding carboxylic acids is 9. The van der Waals surface area contributed by atoms with E-state index in [1.165, 1.54) is 18.7 Å². The highest BCUT2D eigenvalue weighted by molar-refractivity contribution is 7.80. The molecule has 1 fully saturated rings. The fourth-order valence-corrected chi connectivity index (χ4v) is 7.59. The van der Waals surface area contributed by atoms with Gasteiger partial charge in [-0.25, -0.2) is 4.79 Å². The van der Waals surface area contributed by atoms with Crippen molar-refractivity contribution in [3.05, 3.63) is 0 Å². The van der Waals surface area contributed by atoms with Crippen LogP contribution >= 0.6 is 25.3 Å². The van der Waals surface area contributed by atoms with E-state index in [1.54, 1.807) is 20.8 Å². The lowest BCUT2D eigenvalue weighted by atomic mass is 9.97. The van der Waals surface area contributed by atoms with Gasteiger partial charge in [-0.1, -0.05) is 68.2 Å². The molecule has 24 heteroatoms. The van der Waals surface area contributed by atoms with Crippen molar-refractivity contribution >= 4 is 84.4 Å². The summed E-state index contributed by atoms with van der Waals surface area (Å²) in [5, 5.41) is 40.5. The minimum atomic E-state index is -1.65. The number of aliphatic hydroxyl groups excluding tert-OH is 1. The third-order valence-corrected chi connectivity index (χ3v) is 12.4. The van der Waals surface area contributed by atoms with E-state index in [1.807, 2.05) is 34.6 Å². The van der Waals surface area contributed by atoms with Gasteiger partial charge in [-0.2, -0.15) is 25.3 Å². The molecule has 0 spiro atoms. The lowest BCUT2D eigenvalue weighted by Crippen LogP contribution is -2.62. The van der Waals surface area contributed by atoms with Crippen LogP contribution in [-0.4, -0.2) is 159 Å². The minimum absolute atomic E-state index is 0.0132. The number of carboxylic acid groups (broad SMARTS) is 1. The Bertz CT molecular complexity index is 1760. The van der Waals surface area contributed by atoms with E-state index in [0.29, 0.717) is 19.3 Å². The molecule has 0 aromatic rings. The smallest absolute Gasteiger partial charge is 0.326 e. The number of amides is 9. The number of aliphatic hydroxyl groups is 1. The maximum atomic E-state index is 13.7. The van der Waals surface area contributed by atoms with Gasteiger partial charge in [-0.15, -0.1) is 0 Å². The fraction of sp³-hybridized carbons (Fsp3) is 0.773. The first kappa shape index (κ1) is 61.3. The van der Waals surface area contributed by atoms with Gasteiger partial charge in [0.15, 0.2) is 0 Å². The van der Waals surface area contributed by atoms with Crippen LogP contribution in [0.5, 0.6) is 0 Å². The number of nitrogens with one attached hydrogen (secondary N) is 8. The number of nitrogens with two attached hydrogens (primary N) is 1. The monoisotopic (exact) mass is 1000 g/mol. The van der Waals surface area contributed by atoms with Crippen LogP contribution in [0.1, 0.15) is 108 Å². The second kappa shape index (κ2) is 30.0. The number of thiol groups is 2. The third kappa shape index (κ3) is 19.7. The zero-order valence-corrected chi connectivity index (χ0v) is 42.8. The number of nitrogens with zero attached hydrogens (tertiary/aromatic N) is 1. The Morgan fingerprint density at radius 2 is 1.09 bits per heavy atom. The number of hydrogen-bond acceptors (Lipinski definition) is 14. The molecule has 22 nitrogen and oxygen atoms in total. The van der Waals surface area contributed by atoms with Crippen LogP contribution in [0.15, 0.2) is 0 Å². The van der Waals surface area contributed by atoms with Crippen molar-refractivity contribution in [2.45, 2.75) is 168 Å². The number of aliphatic carboxylic acids is 1. The van der Waals surface area contributed by atoms with Gasteiger partial charge in [0, 0.05) is 18.1 Å². The molecule has 68 heavy (non-hydrogen) atoms. The van der Waals surface area contributed by atoms with Crippen LogP contribution in [-0.2, 0) is 47.9 Å². The summed E-state index contributed by atoms with van der Waals surface area (Å²) in [4.78, 5) is 133. The Labute approximate surface area is 410 Å². The second-order valence-electron chi connectivity index (χ2n) is 18.4. The molecule has 9 amide bonds. The summed E-state index contributed by atoms with van der Waals surface area (Å²) in [7, 11) is 0. The molecule has 0 aliphatic carbocycles. The summed E-state index contributed by atoms with van der Waals surface area (Å²) in [5.41, 5.74) is 5.79. The van der Waals surface area contributed by atoms with Gasteiger partial charge < -0.3 is 63.4 Å². The largest absolute Gasteiger partial charge is 0.480 e. The molecule has 0 bridgehead atoms. The van der Waals surface area contributed by atoms with Crippen LogP contribution in [0.4, 0.5) is 0 Å². The lowest BCUT2D eigenvalue weighted by Gasteiger charge is -2.31. The first-order chi connectivity index (χ1) is 31.7. The molecule has 0 saturated carbocycles. The minimum Gasteiger partial charge on any atom is -0.480 e. The predicted molar refractivity (Wildman–Crippen MR) is 260 cm³/mol. The summed E-state index contributed by atoms with van der Waals surface area (Å²) in [5.74, 6) is -9.11. The lowest BCUT2D eigenvalue weighted by molar-refractivity contribution is -0.150. The van der Waals surface area contributed by atoms with Crippen molar-refractivity contribution in [1.82, 2.24) is 47.4 Å². The van der Waals surface area contributed by atoms with Gasteiger partial charge in [0.05, 0.1) is 18.7 Å². The van der Waals surface area contributed by atoms with E-state index in [2.05, 4.69) is 67.8 Å². The average Bonchev–Trinajstić information content (AvgIpc) is 3.78. The van der Waals surface area contributed by atoms with Gasteiger partial charge >= 0.3 is 5.97 Å². The molecule has 12 atom stereocenters. The number of hydrogen-bond donors (Lipinski definition) is 13. The van der Waals surface area contributed by atoms with Crippen molar-refractivity contribution in [2.75, 3.05) is 24.6 Å². The highest BCUT2D eigenvalue weighted by atomic mass is 32.1. The van der Waals surface area contributed by atoms with E-state index in [4.69, 9.17) is 5.73 Å². The van der Waals surface area contributed by atoms with E-state index in [9.17, 15) is 58.2 Å². The molecule has 12 N–H and O–H groups in total. The number of likely N-dealkylation sites (tertiary alicyclic amines) is 1. The molecule has 0 aromatic carbocycles. The van der Waals surface area contributed by atoms with Crippen molar-refractivity contribution in [3.8, 4) is 0 Å². The van der Waals surface area contributed by atoms with Gasteiger partial charge in [0.1, 0.15) is 48.3 Å². The van der Waals surface area contributed by atoms with Crippen LogP contribution in [0.3, 0.4) is 0 Å². The topological polar surface area (TPSA) is 337 Å². The van der Waals surface area contributed by atoms with Crippen molar-refractivity contribution < 1.29 is 58.2 Å². The first-order valence-corrected chi connectivity index (χ1v) is 24.6. The molecule has 0 aromatic heterocycles. The van der Waals surface area contributed by atoms with Gasteiger partial charge in [-0.3, -0.25) is 43.2 Å². The molecule has 0 unspecified atom stereocenters. The highest BCUT2D eigenvalue weighted by Gasteiger charge is 2.40. The summed E-state index contributed by atoms with van der Waals surface area (Å²) in [6.07, 6.45) is 0.525. The first-order valence-electron chi connectivity index (χ1n) is 23.3. The SMILES string of the molecule is CC[C@H](C)[C@H](NC(=O)CNC(=O)[C@H](CC(C)C)NC(=O)[C@H](CC(C)C)NC(=O)[C@@H](N)CS)C(=O)N[C@H](C(=O)N[C@@H](CS)C(=O)N[C@@H](C)C(=O)N[C@H](C(=O)N1CCC[C@H]1C(=O)O)[C@@H](C)CC)[C@@H](C)O. The van der Waals surface area contributed by atoms with E-state index >= 15 is 0 Å². The Morgan fingerprint density at radius 3 is 1.59 bits per heavy atom. The zero-order valence-electron chi connectivity index (χ0n) is 41.0. The molecule has 1 aliphatic heterocycles. The molecular weight excluding hydrogens is 925 g/mol. The maximum Gasteiger partial charge on any atom is 0.326 e. The standard InChI is InChI=1S/C44H78N10O12S2/c1-11-23(7)33(51-32(56)18-46-38(59)28(16-21(3)4)49-39(60)29(17-22(5)6)48-37(58)27(45)19-67)41(62)53-35(26(10)55)42(63)50-30(20-68)40(61)47-25(9)36(57)52-34(24(8)12-2)43(64)54-15-13-14-31(54)44(65)66/h21-31,33-35,55,67-68H,11-20,45H2,1-10H3,(H,46,59)(H,47,61)(H,48,58)(H,49,60)(H,50,63)(H,51,56)(H,52,57)(H,53,62)(H,65,66)/t23-,24-,25-,26+,27-,28-,29-,30-,31-,33-,34-,35-/m0/s1. The summed E-state index contributed by atoms with van der Waals surface area (Å²) in [6.45, 7) is 16.5. The Hall–Kier alpha value is -4.68. The van der Waals surface area contributed by atoms with E-state index in [0.717, 1.165) is 0 Å². The molecular formula is C44H78N10O12S2. The maximum absolute atomic E-state index is 13.7. The van der Waals surface area contributed by atoms with Crippen LogP contribution in [0, 0.1) is 23.7 Å². The van der Waals surface area contributed by atoms with Crippen LogP contribution in [0.2, 0.25) is 0 Å². The predicted octanol–water partition coefficient (Wildman–Crippen LogP) is -1.66. The summed E-state index contributed by atoms with van der Waals surface area (Å²) < 4.78 is 0. The normalized spacial score (nSPS) is 18.5. The zero-order chi connectivity index (χ0) is 52.2. The highest BCUT2D eigenvalue weighted by Crippen LogP contribution is 2.22. The van der Waals surface area contributed by atoms with Gasteiger partial charge in [-0.05, 0) is 63.2 Å². The Kier molecular flexibility index (Phi) is 27.1. The fourth-order valence-electron chi connectivity index (χ4n) is 7.17. The van der Waals surface area contributed by atoms with Gasteiger partial charge in [0.25, 0.3) is 0 Å². The number of rotatable bonds is 29. The third-order valence-electron chi connectivity index (χ3n) is 11.7. The van der Waals surface area contributed by atoms with Crippen molar-refractivity contribution in [1.29, 1.82) is 0 Å². The quantitative estimate of drug-likeness (QED) is 0.0374. The Balaban J connectivity index is 3.07. The molecule has 1 heterocycles. The summed E-state index contributed by atoms with van der Waals surface area (Å²) >= 11 is 8.22. The molecule has 1 saturated heterocycles. The Morgan fingerprint density at radius 1 is 0.603 bits per heavy atom. The van der Waals surface area contributed by atoms with Crippen molar-refractivity contribution in [3.63, 3.8) is 0 Å². The second-order valence-corrected chi connectivity index (χ2v) is 19.1. The van der Waals surface area contributed by atoms with E-state index < -0.39 is 132 Å². The number of carboxylic acids is 1. The molecule has 388 valence electrons. The van der Waals surface area contributed by atoms with Crippen LogP contribution < -0.4 is 48.3 Å². The molecule has 0 radical (unpaired) electrons. The van der Waals surface area contributed by atoms with Crippen molar-refractivity contribution in [2.24, 2.45) is 29.4 Å². The average molecular weight is 1000 g/mol. The van der Waals surface area contributed by atoms with Gasteiger partial charge in [0.2, 0.25) is 53.2 Å². The van der Waals surface area contributed by atoms with Crippen LogP contribution in [0.25, 0.3) is 0 Å². The summed E-state index contributed by atoms with van der Waals surface area (Å²) in [6, 6.07) is -10.7.